The van der Waals surface area contributed by atoms with Crippen LogP contribution in [0.1, 0.15) is 24.5 Å². The highest BCUT2D eigenvalue weighted by Gasteiger charge is 2.28. The summed E-state index contributed by atoms with van der Waals surface area (Å²) < 4.78 is 5.65. The normalized spacial score (nSPS) is 11.6. The van der Waals surface area contributed by atoms with E-state index in [1.165, 1.54) is 0 Å². The predicted molar refractivity (Wildman–Crippen MR) is 107 cm³/mol. The van der Waals surface area contributed by atoms with Gasteiger partial charge in [-0.1, -0.05) is 48.9 Å². The fraction of sp³-hybridized carbons (Fsp3) is 0.333. The van der Waals surface area contributed by atoms with Crippen molar-refractivity contribution in [3.8, 4) is 5.75 Å². The van der Waals surface area contributed by atoms with Crippen molar-refractivity contribution in [1.82, 2.24) is 10.2 Å². The lowest BCUT2D eigenvalue weighted by Crippen LogP contribution is -2.49. The second-order valence-corrected chi connectivity index (χ2v) is 6.65. The number of halogens is 1. The third kappa shape index (κ3) is 5.73. The molecule has 0 spiro atoms. The zero-order valence-electron chi connectivity index (χ0n) is 15.9. The van der Waals surface area contributed by atoms with Gasteiger partial charge in [0.1, 0.15) is 11.8 Å². The van der Waals surface area contributed by atoms with Crippen molar-refractivity contribution in [2.75, 3.05) is 13.7 Å². The molecule has 1 atom stereocenters. The van der Waals surface area contributed by atoms with E-state index in [-0.39, 0.29) is 18.4 Å². The Labute approximate surface area is 165 Å². The molecule has 0 saturated carbocycles. The second kappa shape index (κ2) is 9.97. The van der Waals surface area contributed by atoms with Crippen molar-refractivity contribution >= 4 is 23.4 Å². The summed E-state index contributed by atoms with van der Waals surface area (Å²) in [5, 5.41) is 3.28. The molecule has 5 nitrogen and oxygen atoms in total. The van der Waals surface area contributed by atoms with Gasteiger partial charge in [0, 0.05) is 18.6 Å². The monoisotopic (exact) mass is 388 g/mol. The number of nitrogens with one attached hydrogen (secondary N) is 1. The van der Waals surface area contributed by atoms with E-state index in [0.717, 1.165) is 11.1 Å². The Morgan fingerprint density at radius 2 is 1.89 bits per heavy atom. The molecule has 2 aromatic rings. The molecule has 2 aromatic carbocycles. The molecule has 0 unspecified atom stereocenters. The van der Waals surface area contributed by atoms with Crippen LogP contribution in [0.4, 0.5) is 0 Å². The number of amides is 2. The number of rotatable bonds is 8. The van der Waals surface area contributed by atoms with Crippen molar-refractivity contribution in [2.24, 2.45) is 0 Å². The summed E-state index contributed by atoms with van der Waals surface area (Å²) in [6, 6.07) is 14.3. The van der Waals surface area contributed by atoms with E-state index < -0.39 is 6.04 Å². The summed E-state index contributed by atoms with van der Waals surface area (Å²) in [7, 11) is 1.57. The van der Waals surface area contributed by atoms with Gasteiger partial charge in [-0.05, 0) is 42.7 Å². The second-order valence-electron chi connectivity index (χ2n) is 6.25. The van der Waals surface area contributed by atoms with Gasteiger partial charge in [-0.25, -0.2) is 0 Å². The van der Waals surface area contributed by atoms with Crippen LogP contribution in [0.25, 0.3) is 0 Å². The first kappa shape index (κ1) is 20.8. The van der Waals surface area contributed by atoms with Gasteiger partial charge in [-0.2, -0.15) is 0 Å². The fourth-order valence-corrected chi connectivity index (χ4v) is 2.92. The third-order valence-corrected chi connectivity index (χ3v) is 4.74. The van der Waals surface area contributed by atoms with Gasteiger partial charge in [0.2, 0.25) is 5.91 Å². The zero-order valence-corrected chi connectivity index (χ0v) is 16.6. The first-order valence-corrected chi connectivity index (χ1v) is 9.28. The number of aryl methyl sites for hydroxylation is 1. The Morgan fingerprint density at radius 3 is 2.48 bits per heavy atom. The number of carbonyl (C=O) groups excluding carboxylic acids is 2. The quantitative estimate of drug-likeness (QED) is 0.751. The molecule has 0 heterocycles. The number of hydrogen-bond donors (Lipinski definition) is 1. The number of nitrogens with zero attached hydrogens (tertiary/aromatic N) is 1. The Hall–Kier alpha value is -2.53. The average molecular weight is 389 g/mol. The van der Waals surface area contributed by atoms with Crippen LogP contribution in [-0.2, 0) is 16.1 Å². The molecule has 0 aliphatic rings. The smallest absolute Gasteiger partial charge is 0.261 e. The van der Waals surface area contributed by atoms with Gasteiger partial charge in [0.25, 0.3) is 5.91 Å². The summed E-state index contributed by atoms with van der Waals surface area (Å²) in [4.78, 5) is 26.7. The summed E-state index contributed by atoms with van der Waals surface area (Å²) >= 11 is 6.02. The molecule has 0 bridgehead atoms. The summed E-state index contributed by atoms with van der Waals surface area (Å²) in [6.45, 7) is 3.95. The standard InChI is InChI=1S/C21H25ClN2O3/c1-4-19(21(26)23-3)24(13-16-8-6-5-7-9-16)20(25)14-27-17-10-11-18(22)15(2)12-17/h5-12,19H,4,13-14H2,1-3H3,(H,23,26)/t19-/m0/s1. The molecular weight excluding hydrogens is 364 g/mol. The van der Waals surface area contributed by atoms with Gasteiger partial charge in [0.05, 0.1) is 0 Å². The number of benzene rings is 2. The highest BCUT2D eigenvalue weighted by atomic mass is 35.5. The van der Waals surface area contributed by atoms with Crippen LogP contribution in [0.15, 0.2) is 48.5 Å². The van der Waals surface area contributed by atoms with Crippen LogP contribution in [0.3, 0.4) is 0 Å². The lowest BCUT2D eigenvalue weighted by atomic mass is 10.1. The highest BCUT2D eigenvalue weighted by molar-refractivity contribution is 6.31. The molecule has 0 saturated heterocycles. The molecule has 2 rings (SSSR count). The van der Waals surface area contributed by atoms with E-state index in [1.54, 1.807) is 30.1 Å². The Bertz CT molecular complexity index is 780. The molecule has 1 N–H and O–H groups in total. The Balaban J connectivity index is 2.16. The predicted octanol–water partition coefficient (Wildman–Crippen LogP) is 3.58. The molecule has 27 heavy (non-hydrogen) atoms. The summed E-state index contributed by atoms with van der Waals surface area (Å²) in [6.07, 6.45) is 0.512. The average Bonchev–Trinajstić information content (AvgIpc) is 2.69. The van der Waals surface area contributed by atoms with E-state index in [2.05, 4.69) is 5.32 Å². The van der Waals surface area contributed by atoms with Gasteiger partial charge >= 0.3 is 0 Å². The molecule has 0 aliphatic carbocycles. The van der Waals surface area contributed by atoms with Crippen molar-refractivity contribution in [3.05, 3.63) is 64.7 Å². The molecule has 0 aliphatic heterocycles. The largest absolute Gasteiger partial charge is 0.484 e. The zero-order chi connectivity index (χ0) is 19.8. The molecule has 0 aromatic heterocycles. The minimum Gasteiger partial charge on any atom is -0.484 e. The molecule has 0 radical (unpaired) electrons. The molecular formula is C21H25ClN2O3. The van der Waals surface area contributed by atoms with Crippen molar-refractivity contribution < 1.29 is 14.3 Å². The Kier molecular flexibility index (Phi) is 7.67. The fourth-order valence-electron chi connectivity index (χ4n) is 2.80. The van der Waals surface area contributed by atoms with E-state index >= 15 is 0 Å². The van der Waals surface area contributed by atoms with E-state index in [4.69, 9.17) is 16.3 Å². The molecule has 6 heteroatoms. The van der Waals surface area contributed by atoms with Gasteiger partial charge in [-0.15, -0.1) is 0 Å². The number of hydrogen-bond acceptors (Lipinski definition) is 3. The molecule has 0 fully saturated rings. The van der Waals surface area contributed by atoms with Crippen LogP contribution in [-0.4, -0.2) is 36.4 Å². The molecule has 144 valence electrons. The maximum atomic E-state index is 12.9. The van der Waals surface area contributed by atoms with Crippen LogP contribution >= 0.6 is 11.6 Å². The first-order valence-electron chi connectivity index (χ1n) is 8.90. The SMILES string of the molecule is CC[C@@H](C(=O)NC)N(Cc1ccccc1)C(=O)COc1ccc(Cl)c(C)c1. The lowest BCUT2D eigenvalue weighted by molar-refractivity contribution is -0.142. The van der Waals surface area contributed by atoms with Gasteiger partial charge < -0.3 is 15.0 Å². The minimum absolute atomic E-state index is 0.151. The summed E-state index contributed by atoms with van der Waals surface area (Å²) in [5.74, 6) is 0.129. The van der Waals surface area contributed by atoms with E-state index in [1.807, 2.05) is 44.2 Å². The Morgan fingerprint density at radius 1 is 1.19 bits per heavy atom. The number of ether oxygens (including phenoxy) is 1. The maximum absolute atomic E-state index is 12.9. The van der Waals surface area contributed by atoms with Crippen LogP contribution in [0.2, 0.25) is 5.02 Å². The van der Waals surface area contributed by atoms with Crippen LogP contribution < -0.4 is 10.1 Å². The van der Waals surface area contributed by atoms with Crippen LogP contribution in [0, 0.1) is 6.92 Å². The van der Waals surface area contributed by atoms with Gasteiger partial charge in [-0.3, -0.25) is 9.59 Å². The van der Waals surface area contributed by atoms with Crippen molar-refractivity contribution in [1.29, 1.82) is 0 Å². The number of carbonyl (C=O) groups is 2. The first-order chi connectivity index (χ1) is 13.0. The third-order valence-electron chi connectivity index (χ3n) is 4.32. The van der Waals surface area contributed by atoms with E-state index in [0.29, 0.717) is 23.7 Å². The van der Waals surface area contributed by atoms with E-state index in [9.17, 15) is 9.59 Å². The van der Waals surface area contributed by atoms with Crippen molar-refractivity contribution in [3.63, 3.8) is 0 Å². The minimum atomic E-state index is -0.557. The topological polar surface area (TPSA) is 58.6 Å². The van der Waals surface area contributed by atoms with Crippen LogP contribution in [0.5, 0.6) is 5.75 Å². The maximum Gasteiger partial charge on any atom is 0.261 e. The molecule has 2 amide bonds. The highest BCUT2D eigenvalue weighted by Crippen LogP contribution is 2.21. The number of likely N-dealkylation sites (N-methyl/N-ethyl adjacent to an activating group) is 1. The summed E-state index contributed by atoms with van der Waals surface area (Å²) in [5.41, 5.74) is 1.83. The van der Waals surface area contributed by atoms with Gasteiger partial charge in [0.15, 0.2) is 6.61 Å². The van der Waals surface area contributed by atoms with Crippen molar-refractivity contribution in [2.45, 2.75) is 32.9 Å². The lowest BCUT2D eigenvalue weighted by Gasteiger charge is -2.30.